The number of fused-ring (bicyclic) bond motifs is 1. The van der Waals surface area contributed by atoms with Crippen LogP contribution in [0.5, 0.6) is 0 Å². The summed E-state index contributed by atoms with van der Waals surface area (Å²) in [6.07, 6.45) is 0.937. The Morgan fingerprint density at radius 3 is 1.75 bits per heavy atom. The fraction of sp³-hybridized carbons (Fsp3) is 0.467. The van der Waals surface area contributed by atoms with Crippen molar-refractivity contribution < 1.29 is 43.2 Å². The third kappa shape index (κ3) is 4.74. The summed E-state index contributed by atoms with van der Waals surface area (Å²) >= 11 is 0. The Balaban J connectivity index is 1.87. The number of hydrogen-bond acceptors (Lipinski definition) is 8. The fourth-order valence-corrected chi connectivity index (χ4v) is 2.33. The standard InChI is InChI=1S/C15H16O9/c1-8(16)2-4-12(19)23-9-6-21-15-10(7-22-14(9)15)24-13(20)5-3-11(17)18/h2-5,9-10,14-15H,6-7H2,1H3,(H,17,18)/b4-2+,5-3+/t9-,10-,14-,15-/m1/s1. The van der Waals surface area contributed by atoms with Crippen molar-refractivity contribution in [3.05, 3.63) is 24.3 Å². The first-order valence-corrected chi connectivity index (χ1v) is 7.11. The zero-order valence-electron chi connectivity index (χ0n) is 12.7. The molecule has 4 atom stereocenters. The Hall–Kier alpha value is -2.52. The van der Waals surface area contributed by atoms with E-state index >= 15 is 0 Å². The molecule has 2 saturated heterocycles. The molecule has 9 nitrogen and oxygen atoms in total. The molecule has 2 heterocycles. The van der Waals surface area contributed by atoms with Gasteiger partial charge in [-0.25, -0.2) is 14.4 Å². The first-order valence-electron chi connectivity index (χ1n) is 7.11. The zero-order valence-corrected chi connectivity index (χ0v) is 12.7. The van der Waals surface area contributed by atoms with Crippen LogP contribution in [-0.2, 0) is 38.1 Å². The van der Waals surface area contributed by atoms with E-state index < -0.39 is 42.3 Å². The van der Waals surface area contributed by atoms with E-state index in [2.05, 4.69) is 0 Å². The van der Waals surface area contributed by atoms with Crippen LogP contribution in [0.15, 0.2) is 24.3 Å². The van der Waals surface area contributed by atoms with Crippen LogP contribution in [0.3, 0.4) is 0 Å². The lowest BCUT2D eigenvalue weighted by atomic mass is 10.1. The molecular formula is C15H16O9. The zero-order chi connectivity index (χ0) is 17.7. The van der Waals surface area contributed by atoms with E-state index in [-0.39, 0.29) is 19.0 Å². The van der Waals surface area contributed by atoms with Crippen molar-refractivity contribution >= 4 is 23.7 Å². The van der Waals surface area contributed by atoms with Crippen LogP contribution < -0.4 is 0 Å². The lowest BCUT2D eigenvalue weighted by Gasteiger charge is -2.16. The van der Waals surface area contributed by atoms with Gasteiger partial charge in [0.15, 0.2) is 18.0 Å². The number of carboxylic acid groups (broad SMARTS) is 1. The molecule has 0 unspecified atom stereocenters. The topological polar surface area (TPSA) is 125 Å². The maximum atomic E-state index is 11.6. The van der Waals surface area contributed by atoms with Crippen LogP contribution in [0.2, 0.25) is 0 Å². The Morgan fingerprint density at radius 1 is 0.875 bits per heavy atom. The van der Waals surface area contributed by atoms with Crippen LogP contribution in [0.1, 0.15) is 6.92 Å². The normalized spacial score (nSPS) is 28.9. The summed E-state index contributed by atoms with van der Waals surface area (Å²) in [6.45, 7) is 1.41. The van der Waals surface area contributed by atoms with Crippen molar-refractivity contribution in [3.63, 3.8) is 0 Å². The molecule has 1 N–H and O–H groups in total. The van der Waals surface area contributed by atoms with Crippen LogP contribution in [0.4, 0.5) is 0 Å². The van der Waals surface area contributed by atoms with E-state index in [9.17, 15) is 19.2 Å². The number of allylic oxidation sites excluding steroid dienone is 1. The van der Waals surface area contributed by atoms with Gasteiger partial charge in [-0.3, -0.25) is 4.79 Å². The second kappa shape index (κ2) is 7.84. The molecule has 2 aliphatic heterocycles. The molecule has 130 valence electrons. The van der Waals surface area contributed by atoms with Gasteiger partial charge in [-0.05, 0) is 13.0 Å². The average molecular weight is 340 g/mol. The van der Waals surface area contributed by atoms with Gasteiger partial charge in [-0.1, -0.05) is 0 Å². The SMILES string of the molecule is CC(=O)/C=C/C(=O)O[C@@H]1CO[C@H]2[C@@H]1OC[C@H]2OC(=O)/C=C/C(=O)O. The lowest BCUT2D eigenvalue weighted by molar-refractivity contribution is -0.149. The third-order valence-corrected chi connectivity index (χ3v) is 3.31. The molecule has 2 aliphatic rings. The highest BCUT2D eigenvalue weighted by Gasteiger charge is 2.50. The van der Waals surface area contributed by atoms with Gasteiger partial charge in [-0.15, -0.1) is 0 Å². The maximum absolute atomic E-state index is 11.6. The Morgan fingerprint density at radius 2 is 1.33 bits per heavy atom. The van der Waals surface area contributed by atoms with Crippen molar-refractivity contribution in [2.24, 2.45) is 0 Å². The van der Waals surface area contributed by atoms with E-state index in [1.165, 1.54) is 6.92 Å². The van der Waals surface area contributed by atoms with Crippen LogP contribution in [0, 0.1) is 0 Å². The number of carbonyl (C=O) groups is 4. The van der Waals surface area contributed by atoms with Crippen molar-refractivity contribution in [3.8, 4) is 0 Å². The number of rotatable bonds is 6. The second-order valence-corrected chi connectivity index (χ2v) is 5.16. The van der Waals surface area contributed by atoms with Gasteiger partial charge in [0.25, 0.3) is 0 Å². The average Bonchev–Trinajstić information content (AvgIpc) is 3.07. The number of carboxylic acids is 1. The van der Waals surface area contributed by atoms with E-state index in [4.69, 9.17) is 24.1 Å². The number of aliphatic carboxylic acids is 1. The van der Waals surface area contributed by atoms with Gasteiger partial charge in [0.2, 0.25) is 0 Å². The van der Waals surface area contributed by atoms with E-state index in [0.717, 1.165) is 18.2 Å². The molecule has 9 heteroatoms. The first-order chi connectivity index (χ1) is 11.4. The molecular weight excluding hydrogens is 324 g/mol. The summed E-state index contributed by atoms with van der Waals surface area (Å²) in [6, 6.07) is 0. The monoisotopic (exact) mass is 340 g/mol. The minimum Gasteiger partial charge on any atom is -0.478 e. The second-order valence-electron chi connectivity index (χ2n) is 5.16. The van der Waals surface area contributed by atoms with Gasteiger partial charge in [0.1, 0.15) is 12.2 Å². The number of carbonyl (C=O) groups excluding carboxylic acids is 3. The Bertz CT molecular complexity index is 540. The summed E-state index contributed by atoms with van der Waals surface area (Å²) < 4.78 is 21.1. The van der Waals surface area contributed by atoms with Crippen molar-refractivity contribution in [1.29, 1.82) is 0 Å². The summed E-state index contributed by atoms with van der Waals surface area (Å²) in [5.41, 5.74) is 0. The van der Waals surface area contributed by atoms with E-state index in [1.54, 1.807) is 0 Å². The van der Waals surface area contributed by atoms with Crippen LogP contribution in [-0.4, -0.2) is 66.4 Å². The highest BCUT2D eigenvalue weighted by molar-refractivity contribution is 5.94. The van der Waals surface area contributed by atoms with Gasteiger partial charge in [-0.2, -0.15) is 0 Å². The summed E-state index contributed by atoms with van der Waals surface area (Å²) in [7, 11) is 0. The maximum Gasteiger partial charge on any atom is 0.331 e. The Kier molecular flexibility index (Phi) is 5.83. The predicted molar refractivity (Wildman–Crippen MR) is 75.8 cm³/mol. The molecule has 0 radical (unpaired) electrons. The fourth-order valence-electron chi connectivity index (χ4n) is 2.33. The molecule has 0 aromatic rings. The minimum atomic E-state index is -1.27. The molecule has 0 saturated carbocycles. The third-order valence-electron chi connectivity index (χ3n) is 3.31. The molecule has 0 spiro atoms. The van der Waals surface area contributed by atoms with Crippen LogP contribution >= 0.6 is 0 Å². The van der Waals surface area contributed by atoms with Crippen molar-refractivity contribution in [2.45, 2.75) is 31.3 Å². The number of ketones is 1. The molecule has 0 bridgehead atoms. The Labute approximate surface area is 136 Å². The van der Waals surface area contributed by atoms with Gasteiger partial charge in [0, 0.05) is 18.2 Å². The lowest BCUT2D eigenvalue weighted by Crippen LogP contribution is -2.35. The molecule has 0 amide bonds. The number of hydrogen-bond donors (Lipinski definition) is 1. The summed E-state index contributed by atoms with van der Waals surface area (Å²) in [5, 5.41) is 8.45. The minimum absolute atomic E-state index is 0.0410. The van der Waals surface area contributed by atoms with Gasteiger partial charge < -0.3 is 24.1 Å². The molecule has 0 aromatic heterocycles. The van der Waals surface area contributed by atoms with Gasteiger partial charge in [0.05, 0.1) is 13.2 Å². The molecule has 2 fully saturated rings. The summed E-state index contributed by atoms with van der Waals surface area (Å²) in [4.78, 5) is 44.2. The predicted octanol–water partition coefficient (Wildman–Crippen LogP) is -0.606. The van der Waals surface area contributed by atoms with E-state index in [1.807, 2.05) is 0 Å². The molecule has 0 aromatic carbocycles. The van der Waals surface area contributed by atoms with E-state index in [0.29, 0.717) is 6.08 Å². The smallest absolute Gasteiger partial charge is 0.331 e. The highest BCUT2D eigenvalue weighted by atomic mass is 16.7. The highest BCUT2D eigenvalue weighted by Crippen LogP contribution is 2.30. The summed E-state index contributed by atoms with van der Waals surface area (Å²) in [5.74, 6) is -3.09. The van der Waals surface area contributed by atoms with Crippen molar-refractivity contribution in [2.75, 3.05) is 13.2 Å². The van der Waals surface area contributed by atoms with Gasteiger partial charge >= 0.3 is 17.9 Å². The molecule has 2 rings (SSSR count). The number of esters is 2. The molecule has 0 aliphatic carbocycles. The largest absolute Gasteiger partial charge is 0.478 e. The first kappa shape index (κ1) is 17.8. The molecule has 24 heavy (non-hydrogen) atoms. The quantitative estimate of drug-likeness (QED) is 0.498. The van der Waals surface area contributed by atoms with Crippen LogP contribution in [0.25, 0.3) is 0 Å². The number of ether oxygens (including phenoxy) is 4. The van der Waals surface area contributed by atoms with Crippen molar-refractivity contribution in [1.82, 2.24) is 0 Å².